The van der Waals surface area contributed by atoms with Crippen molar-refractivity contribution in [2.75, 3.05) is 18.4 Å². The predicted octanol–water partition coefficient (Wildman–Crippen LogP) is 5.08. The van der Waals surface area contributed by atoms with Crippen LogP contribution in [0.1, 0.15) is 47.9 Å². The summed E-state index contributed by atoms with van der Waals surface area (Å²) < 4.78 is 33.2. The van der Waals surface area contributed by atoms with Crippen molar-refractivity contribution in [1.82, 2.24) is 9.62 Å². The minimum Gasteiger partial charge on any atom is -0.446 e. The molecule has 2 heterocycles. The normalized spacial score (nSPS) is 15.1. The number of nitrogens with zero attached hydrogens (tertiary/aromatic N) is 1. The van der Waals surface area contributed by atoms with Crippen molar-refractivity contribution in [2.45, 2.75) is 50.3 Å². The van der Waals surface area contributed by atoms with Crippen LogP contribution in [0.5, 0.6) is 0 Å². The van der Waals surface area contributed by atoms with Crippen LogP contribution in [0, 0.1) is 0 Å². The first-order valence-corrected chi connectivity index (χ1v) is 13.6. The van der Waals surface area contributed by atoms with Gasteiger partial charge in [0.1, 0.15) is 5.76 Å². The molecule has 0 bridgehead atoms. The maximum atomic E-state index is 13.1. The third-order valence-electron chi connectivity index (χ3n) is 6.05. The van der Waals surface area contributed by atoms with Gasteiger partial charge in [-0.25, -0.2) is 8.42 Å². The van der Waals surface area contributed by atoms with Crippen molar-refractivity contribution in [3.8, 4) is 0 Å². The van der Waals surface area contributed by atoms with Crippen LogP contribution in [0.2, 0.25) is 5.02 Å². The van der Waals surface area contributed by atoms with E-state index in [0.717, 1.165) is 18.5 Å². The highest BCUT2D eigenvalue weighted by Crippen LogP contribution is 2.25. The molecule has 0 atom stereocenters. The lowest BCUT2D eigenvalue weighted by Gasteiger charge is -2.31. The van der Waals surface area contributed by atoms with Gasteiger partial charge in [-0.05, 0) is 73.4 Å². The molecule has 3 aromatic rings. The van der Waals surface area contributed by atoms with E-state index in [-0.39, 0.29) is 23.6 Å². The van der Waals surface area contributed by atoms with Crippen molar-refractivity contribution in [3.05, 3.63) is 82.6 Å². The number of carbonyl (C=O) groups excluding carboxylic acids is 1. The van der Waals surface area contributed by atoms with Gasteiger partial charge < -0.3 is 15.1 Å². The van der Waals surface area contributed by atoms with Crippen LogP contribution < -0.4 is 10.6 Å². The Morgan fingerprint density at radius 1 is 1.09 bits per heavy atom. The lowest BCUT2D eigenvalue weighted by molar-refractivity contribution is 0.0947. The highest BCUT2D eigenvalue weighted by molar-refractivity contribution is 7.89. The molecule has 0 spiro atoms. The van der Waals surface area contributed by atoms with E-state index in [1.807, 2.05) is 0 Å². The standard InChI is InChI=1S/C26H30ClN3O4S/c1-2-4-19-5-3-6-23(17-19)29-22-13-15-30(16-14-22)35(32,33)25-12-11-24(34-25)18-28-26(31)20-7-9-21(27)10-8-20/h3,5-12,17,22,29H,2,4,13-16,18H2,1H3,(H,28,31). The molecular weight excluding hydrogens is 486 g/mol. The number of rotatable bonds is 9. The van der Waals surface area contributed by atoms with Gasteiger partial charge in [0.2, 0.25) is 5.09 Å². The Hall–Kier alpha value is -2.81. The zero-order chi connectivity index (χ0) is 24.8. The minimum absolute atomic E-state index is 0.0834. The first-order valence-electron chi connectivity index (χ1n) is 11.8. The number of piperidine rings is 1. The number of sulfonamides is 1. The molecular formula is C26H30ClN3O4S. The Balaban J connectivity index is 1.30. The monoisotopic (exact) mass is 515 g/mol. The van der Waals surface area contributed by atoms with Crippen LogP contribution in [0.15, 0.2) is 70.2 Å². The number of anilines is 1. The van der Waals surface area contributed by atoms with Gasteiger partial charge in [0.25, 0.3) is 15.9 Å². The fourth-order valence-electron chi connectivity index (χ4n) is 4.17. The summed E-state index contributed by atoms with van der Waals surface area (Å²) in [7, 11) is -3.74. The Bertz CT molecular complexity index is 1250. The third kappa shape index (κ3) is 6.45. The third-order valence-corrected chi connectivity index (χ3v) is 8.08. The summed E-state index contributed by atoms with van der Waals surface area (Å²) in [5, 5.41) is 6.71. The molecule has 0 unspecified atom stereocenters. The summed E-state index contributed by atoms with van der Waals surface area (Å²) in [6.45, 7) is 3.08. The summed E-state index contributed by atoms with van der Waals surface area (Å²) in [4.78, 5) is 12.3. The van der Waals surface area contributed by atoms with E-state index in [0.29, 0.717) is 42.3 Å². The molecule has 35 heavy (non-hydrogen) atoms. The van der Waals surface area contributed by atoms with Gasteiger partial charge in [0.05, 0.1) is 6.54 Å². The molecule has 2 aromatic carbocycles. The number of amides is 1. The van der Waals surface area contributed by atoms with Crippen molar-refractivity contribution >= 4 is 33.2 Å². The summed E-state index contributed by atoms with van der Waals surface area (Å²) >= 11 is 5.85. The lowest BCUT2D eigenvalue weighted by atomic mass is 10.1. The highest BCUT2D eigenvalue weighted by atomic mass is 35.5. The maximum absolute atomic E-state index is 13.1. The van der Waals surface area contributed by atoms with Crippen LogP contribution in [0.25, 0.3) is 0 Å². The van der Waals surface area contributed by atoms with Gasteiger partial charge in [-0.2, -0.15) is 4.31 Å². The van der Waals surface area contributed by atoms with E-state index in [2.05, 4.69) is 41.8 Å². The zero-order valence-corrected chi connectivity index (χ0v) is 21.2. The average molecular weight is 516 g/mol. The molecule has 1 saturated heterocycles. The molecule has 7 nitrogen and oxygen atoms in total. The van der Waals surface area contributed by atoms with Crippen LogP contribution in [-0.2, 0) is 23.0 Å². The fourth-order valence-corrected chi connectivity index (χ4v) is 5.70. The molecule has 1 aliphatic heterocycles. The van der Waals surface area contributed by atoms with Gasteiger partial charge in [0.15, 0.2) is 0 Å². The number of halogens is 1. The molecule has 0 aliphatic carbocycles. The number of hydrogen-bond donors (Lipinski definition) is 2. The van der Waals surface area contributed by atoms with Gasteiger partial charge in [-0.3, -0.25) is 4.79 Å². The Labute approximate surface area is 211 Å². The van der Waals surface area contributed by atoms with E-state index in [9.17, 15) is 13.2 Å². The number of carbonyl (C=O) groups is 1. The smallest absolute Gasteiger partial charge is 0.276 e. The Morgan fingerprint density at radius 2 is 1.83 bits per heavy atom. The van der Waals surface area contributed by atoms with E-state index in [1.54, 1.807) is 30.3 Å². The van der Waals surface area contributed by atoms with Crippen LogP contribution in [0.4, 0.5) is 5.69 Å². The number of furan rings is 1. The average Bonchev–Trinajstić information content (AvgIpc) is 3.34. The van der Waals surface area contributed by atoms with Crippen LogP contribution >= 0.6 is 11.6 Å². The molecule has 1 aromatic heterocycles. The second kappa shape index (κ2) is 11.3. The Kier molecular flexibility index (Phi) is 8.15. The van der Waals surface area contributed by atoms with E-state index in [1.165, 1.54) is 15.9 Å². The molecule has 4 rings (SSSR count). The zero-order valence-electron chi connectivity index (χ0n) is 19.7. The molecule has 2 N–H and O–H groups in total. The minimum atomic E-state index is -3.74. The van der Waals surface area contributed by atoms with Crippen molar-refractivity contribution < 1.29 is 17.6 Å². The van der Waals surface area contributed by atoms with Gasteiger partial charge >= 0.3 is 0 Å². The van der Waals surface area contributed by atoms with Gasteiger partial charge in [0, 0.05) is 35.4 Å². The predicted molar refractivity (Wildman–Crippen MR) is 137 cm³/mol. The number of benzene rings is 2. The molecule has 1 aliphatic rings. The summed E-state index contributed by atoms with van der Waals surface area (Å²) in [6.07, 6.45) is 3.56. The maximum Gasteiger partial charge on any atom is 0.276 e. The lowest BCUT2D eigenvalue weighted by Crippen LogP contribution is -2.42. The van der Waals surface area contributed by atoms with E-state index >= 15 is 0 Å². The first-order chi connectivity index (χ1) is 16.8. The quantitative estimate of drug-likeness (QED) is 0.414. The van der Waals surface area contributed by atoms with Crippen molar-refractivity contribution in [3.63, 3.8) is 0 Å². The second-order valence-corrected chi connectivity index (χ2v) is 11.0. The van der Waals surface area contributed by atoms with Gasteiger partial charge in [-0.1, -0.05) is 37.1 Å². The number of hydrogen-bond acceptors (Lipinski definition) is 5. The molecule has 9 heteroatoms. The summed E-state index contributed by atoms with van der Waals surface area (Å²) in [6, 6.07) is 18.2. The summed E-state index contributed by atoms with van der Waals surface area (Å²) in [5.74, 6) is 0.0756. The summed E-state index contributed by atoms with van der Waals surface area (Å²) in [5.41, 5.74) is 2.84. The van der Waals surface area contributed by atoms with Crippen LogP contribution in [0.3, 0.4) is 0 Å². The van der Waals surface area contributed by atoms with E-state index < -0.39 is 10.0 Å². The Morgan fingerprint density at radius 3 is 2.54 bits per heavy atom. The number of nitrogens with one attached hydrogen (secondary N) is 2. The fraction of sp³-hybridized carbons (Fsp3) is 0.346. The SMILES string of the molecule is CCCc1cccc(NC2CCN(S(=O)(=O)c3ccc(CNC(=O)c4ccc(Cl)cc4)o3)CC2)c1. The topological polar surface area (TPSA) is 91.7 Å². The van der Waals surface area contributed by atoms with Crippen molar-refractivity contribution in [1.29, 1.82) is 0 Å². The molecule has 1 amide bonds. The molecule has 186 valence electrons. The molecule has 0 radical (unpaired) electrons. The van der Waals surface area contributed by atoms with E-state index in [4.69, 9.17) is 16.0 Å². The first kappa shape index (κ1) is 25.3. The molecule has 0 saturated carbocycles. The molecule has 1 fully saturated rings. The number of aryl methyl sites for hydroxylation is 1. The van der Waals surface area contributed by atoms with Crippen molar-refractivity contribution in [2.24, 2.45) is 0 Å². The second-order valence-electron chi connectivity index (χ2n) is 8.68. The van der Waals surface area contributed by atoms with Gasteiger partial charge in [-0.15, -0.1) is 0 Å². The largest absolute Gasteiger partial charge is 0.446 e. The van der Waals surface area contributed by atoms with Crippen LogP contribution in [-0.4, -0.2) is 37.8 Å². The highest BCUT2D eigenvalue weighted by Gasteiger charge is 2.31.